The fourth-order valence-corrected chi connectivity index (χ4v) is 3.62. The molecule has 122 valence electrons. The average Bonchev–Trinajstić information content (AvgIpc) is 3.31. The summed E-state index contributed by atoms with van der Waals surface area (Å²) in [7, 11) is 0. The van der Waals surface area contributed by atoms with Crippen LogP contribution in [-0.2, 0) is 4.79 Å². The van der Waals surface area contributed by atoms with E-state index in [4.69, 9.17) is 9.47 Å². The lowest BCUT2D eigenvalue weighted by molar-refractivity contribution is -0.142. The Bertz CT molecular complexity index is 654. The molecule has 1 aromatic carbocycles. The molecule has 1 aliphatic carbocycles. The summed E-state index contributed by atoms with van der Waals surface area (Å²) < 4.78 is 11.0. The van der Waals surface area contributed by atoms with Crippen LogP contribution in [0.25, 0.3) is 0 Å². The van der Waals surface area contributed by atoms with Crippen molar-refractivity contribution in [3.05, 3.63) is 23.8 Å². The smallest absolute Gasteiger partial charge is 0.308 e. The second-order valence-electron chi connectivity index (χ2n) is 6.51. The van der Waals surface area contributed by atoms with Gasteiger partial charge in [0, 0.05) is 18.7 Å². The minimum atomic E-state index is -0.792. The Morgan fingerprint density at radius 2 is 1.83 bits per heavy atom. The third-order valence-corrected chi connectivity index (χ3v) is 4.99. The van der Waals surface area contributed by atoms with Gasteiger partial charge in [0.2, 0.25) is 0 Å². The van der Waals surface area contributed by atoms with Gasteiger partial charge in [-0.1, -0.05) is 0 Å². The van der Waals surface area contributed by atoms with Crippen molar-refractivity contribution in [2.45, 2.75) is 12.8 Å². The van der Waals surface area contributed by atoms with Crippen LogP contribution in [0.1, 0.15) is 23.2 Å². The number of amides is 1. The zero-order chi connectivity index (χ0) is 16.0. The highest BCUT2D eigenvalue weighted by Gasteiger charge is 2.47. The van der Waals surface area contributed by atoms with Gasteiger partial charge in [0.05, 0.1) is 5.92 Å². The Morgan fingerprint density at radius 3 is 2.52 bits per heavy atom. The number of hydrogen-bond acceptors (Lipinski definition) is 4. The number of ether oxygens (including phenoxy) is 2. The maximum absolute atomic E-state index is 12.7. The van der Waals surface area contributed by atoms with Crippen molar-refractivity contribution in [1.29, 1.82) is 0 Å². The van der Waals surface area contributed by atoms with E-state index in [2.05, 4.69) is 0 Å². The number of benzene rings is 1. The van der Waals surface area contributed by atoms with E-state index in [1.807, 2.05) is 0 Å². The highest BCUT2D eigenvalue weighted by atomic mass is 16.6. The van der Waals surface area contributed by atoms with Gasteiger partial charge in [0.1, 0.15) is 13.2 Å². The second-order valence-corrected chi connectivity index (χ2v) is 6.51. The minimum absolute atomic E-state index is 0.0914. The van der Waals surface area contributed by atoms with Gasteiger partial charge in [0.15, 0.2) is 11.5 Å². The van der Waals surface area contributed by atoms with Crippen molar-refractivity contribution in [3.8, 4) is 11.5 Å². The van der Waals surface area contributed by atoms with E-state index >= 15 is 0 Å². The number of carbonyl (C=O) groups excluding carboxylic acids is 1. The molecule has 6 heteroatoms. The number of carboxylic acids is 1. The number of likely N-dealkylation sites (tertiary alicyclic amines) is 1. The molecule has 2 aliphatic heterocycles. The fraction of sp³-hybridized carbons (Fsp3) is 0.529. The summed E-state index contributed by atoms with van der Waals surface area (Å²) in [4.78, 5) is 25.9. The standard InChI is InChI=1S/C17H19NO5/c19-16(11-3-4-14-15(7-11)23-6-5-22-14)18-8-12(10-1-2-10)13(9-18)17(20)21/h3-4,7,10,12-13H,1-2,5-6,8-9H2,(H,20,21)/t12-,13+/m1/s1. The third-order valence-electron chi connectivity index (χ3n) is 4.99. The summed E-state index contributed by atoms with van der Waals surface area (Å²) in [5, 5.41) is 9.41. The van der Waals surface area contributed by atoms with Crippen LogP contribution >= 0.6 is 0 Å². The lowest BCUT2D eigenvalue weighted by Gasteiger charge is -2.20. The van der Waals surface area contributed by atoms with Gasteiger partial charge < -0.3 is 19.5 Å². The van der Waals surface area contributed by atoms with E-state index < -0.39 is 11.9 Å². The predicted molar refractivity (Wildman–Crippen MR) is 80.7 cm³/mol. The summed E-state index contributed by atoms with van der Waals surface area (Å²) >= 11 is 0. The molecular weight excluding hydrogens is 298 g/mol. The molecule has 0 unspecified atom stereocenters. The molecule has 2 fully saturated rings. The number of carbonyl (C=O) groups is 2. The van der Waals surface area contributed by atoms with Gasteiger partial charge in [-0.15, -0.1) is 0 Å². The van der Waals surface area contributed by atoms with Crippen LogP contribution in [-0.4, -0.2) is 48.2 Å². The monoisotopic (exact) mass is 317 g/mol. The second kappa shape index (κ2) is 5.44. The van der Waals surface area contributed by atoms with Crippen molar-refractivity contribution in [3.63, 3.8) is 0 Å². The van der Waals surface area contributed by atoms with Gasteiger partial charge in [0.25, 0.3) is 5.91 Å². The van der Waals surface area contributed by atoms with Crippen LogP contribution in [0.4, 0.5) is 0 Å². The topological polar surface area (TPSA) is 76.1 Å². The lowest BCUT2D eigenvalue weighted by Crippen LogP contribution is -2.30. The summed E-state index contributed by atoms with van der Waals surface area (Å²) in [5.41, 5.74) is 0.523. The first-order chi connectivity index (χ1) is 11.1. The molecule has 0 spiro atoms. The first kappa shape index (κ1) is 14.4. The molecule has 2 atom stereocenters. The Balaban J connectivity index is 1.54. The predicted octanol–water partition coefficient (Wildman–Crippen LogP) is 1.64. The molecule has 1 aromatic rings. The number of carboxylic acid groups (broad SMARTS) is 1. The molecule has 23 heavy (non-hydrogen) atoms. The molecule has 0 aromatic heterocycles. The molecule has 1 N–H and O–H groups in total. The molecule has 3 aliphatic rings. The van der Waals surface area contributed by atoms with E-state index in [1.54, 1.807) is 23.1 Å². The number of aliphatic carboxylic acids is 1. The molecule has 0 bridgehead atoms. The Kier molecular flexibility index (Phi) is 3.39. The Labute approximate surface area is 134 Å². The number of rotatable bonds is 3. The maximum atomic E-state index is 12.7. The van der Waals surface area contributed by atoms with Crippen LogP contribution in [0.3, 0.4) is 0 Å². The van der Waals surface area contributed by atoms with Crippen molar-refractivity contribution < 1.29 is 24.2 Å². The van der Waals surface area contributed by atoms with Gasteiger partial charge in [-0.05, 0) is 42.9 Å². The SMILES string of the molecule is O=C(O)[C@H]1CN(C(=O)c2ccc3c(c2)OCCO3)C[C@@H]1C1CC1. The highest BCUT2D eigenvalue weighted by Crippen LogP contribution is 2.44. The van der Waals surface area contributed by atoms with Crippen LogP contribution in [0.5, 0.6) is 11.5 Å². The lowest BCUT2D eigenvalue weighted by atomic mass is 9.92. The van der Waals surface area contributed by atoms with Crippen molar-refractivity contribution in [2.24, 2.45) is 17.8 Å². The van der Waals surface area contributed by atoms with E-state index in [-0.39, 0.29) is 11.8 Å². The quantitative estimate of drug-likeness (QED) is 0.917. The summed E-state index contributed by atoms with van der Waals surface area (Å²) in [6, 6.07) is 5.15. The van der Waals surface area contributed by atoms with Gasteiger partial charge in [-0.2, -0.15) is 0 Å². The fourth-order valence-electron chi connectivity index (χ4n) is 3.62. The van der Waals surface area contributed by atoms with E-state index in [1.165, 1.54) is 0 Å². The summed E-state index contributed by atoms with van der Waals surface area (Å²) in [5.74, 6) is 0.422. The molecule has 6 nitrogen and oxygen atoms in total. The van der Waals surface area contributed by atoms with Crippen molar-refractivity contribution >= 4 is 11.9 Å². The maximum Gasteiger partial charge on any atom is 0.308 e. The molecule has 2 heterocycles. The zero-order valence-electron chi connectivity index (χ0n) is 12.7. The highest BCUT2D eigenvalue weighted by molar-refractivity contribution is 5.95. The first-order valence-electron chi connectivity index (χ1n) is 8.05. The summed E-state index contributed by atoms with van der Waals surface area (Å²) in [6.07, 6.45) is 2.17. The number of fused-ring (bicyclic) bond motifs is 1. The van der Waals surface area contributed by atoms with Crippen molar-refractivity contribution in [2.75, 3.05) is 26.3 Å². The van der Waals surface area contributed by atoms with E-state index in [0.29, 0.717) is 49.3 Å². The van der Waals surface area contributed by atoms with Gasteiger partial charge in [-0.3, -0.25) is 9.59 Å². The number of hydrogen-bond donors (Lipinski definition) is 1. The van der Waals surface area contributed by atoms with Crippen molar-refractivity contribution in [1.82, 2.24) is 4.90 Å². The van der Waals surface area contributed by atoms with Crippen LogP contribution < -0.4 is 9.47 Å². The zero-order valence-corrected chi connectivity index (χ0v) is 12.7. The van der Waals surface area contributed by atoms with Crippen LogP contribution in [0.2, 0.25) is 0 Å². The average molecular weight is 317 g/mol. The largest absolute Gasteiger partial charge is 0.486 e. The van der Waals surface area contributed by atoms with E-state index in [9.17, 15) is 14.7 Å². The van der Waals surface area contributed by atoms with Gasteiger partial charge in [-0.25, -0.2) is 0 Å². The van der Waals surface area contributed by atoms with E-state index in [0.717, 1.165) is 12.8 Å². The Hall–Kier alpha value is -2.24. The third kappa shape index (κ3) is 2.62. The molecular formula is C17H19NO5. The normalized spacial score (nSPS) is 26.2. The van der Waals surface area contributed by atoms with Crippen LogP contribution in [0.15, 0.2) is 18.2 Å². The first-order valence-corrected chi connectivity index (χ1v) is 8.05. The minimum Gasteiger partial charge on any atom is -0.486 e. The van der Waals surface area contributed by atoms with Crippen LogP contribution in [0, 0.1) is 17.8 Å². The molecule has 1 saturated carbocycles. The number of nitrogens with zero attached hydrogens (tertiary/aromatic N) is 1. The summed E-state index contributed by atoms with van der Waals surface area (Å²) in [6.45, 7) is 1.81. The van der Waals surface area contributed by atoms with Gasteiger partial charge >= 0.3 is 5.97 Å². The Morgan fingerprint density at radius 1 is 1.09 bits per heavy atom. The molecule has 1 amide bonds. The molecule has 0 radical (unpaired) electrons. The molecule has 1 saturated heterocycles. The molecule has 4 rings (SSSR count).